The lowest BCUT2D eigenvalue weighted by molar-refractivity contribution is 1.18. The fourth-order valence-corrected chi connectivity index (χ4v) is 7.73. The van der Waals surface area contributed by atoms with E-state index in [9.17, 15) is 0 Å². The third-order valence-corrected chi connectivity index (χ3v) is 9.97. The van der Waals surface area contributed by atoms with E-state index >= 15 is 0 Å². The standard InChI is InChI=1S/C47H29N3/c1-2-12-30(13-3-1)32-23-25-39-42(28-32)46(47-48-26-11-27-49-47)38-19-9-8-18-37(38)45(39)44-21-10-20-43(50-44)41-29-40-33-15-5-4-14-31(33)22-24-36(40)34-16-6-7-17-35(34)41/h1-29H. The van der Waals surface area contributed by atoms with Gasteiger partial charge in [-0.05, 0) is 95.3 Å². The first-order chi connectivity index (χ1) is 24.8. The maximum absolute atomic E-state index is 5.50. The Balaban J connectivity index is 1.27. The van der Waals surface area contributed by atoms with Gasteiger partial charge in [-0.3, -0.25) is 0 Å². The van der Waals surface area contributed by atoms with Crippen LogP contribution in [0.3, 0.4) is 0 Å². The fourth-order valence-electron chi connectivity index (χ4n) is 7.73. The third-order valence-electron chi connectivity index (χ3n) is 9.97. The SMILES string of the molecule is c1ccc(-c2ccc3c(-c4cccc(-c5cc6c7ccccc7ccc6c6ccccc56)n4)c4ccccc4c(-c4ncccn4)c3c2)cc1. The van der Waals surface area contributed by atoms with Crippen LogP contribution in [-0.2, 0) is 0 Å². The molecule has 0 spiro atoms. The van der Waals surface area contributed by atoms with Crippen LogP contribution in [0.1, 0.15) is 0 Å². The molecule has 0 N–H and O–H groups in total. The molecule has 0 fully saturated rings. The Kier molecular flexibility index (Phi) is 6.49. The quantitative estimate of drug-likeness (QED) is 0.143. The van der Waals surface area contributed by atoms with Gasteiger partial charge < -0.3 is 0 Å². The molecule has 0 unspecified atom stereocenters. The zero-order valence-corrected chi connectivity index (χ0v) is 27.1. The average molecular weight is 636 g/mol. The lowest BCUT2D eigenvalue weighted by Crippen LogP contribution is -1.96. The minimum absolute atomic E-state index is 0.710. The van der Waals surface area contributed by atoms with Crippen molar-refractivity contribution in [3.63, 3.8) is 0 Å². The molecule has 0 atom stereocenters. The maximum Gasteiger partial charge on any atom is 0.160 e. The number of rotatable bonds is 4. The lowest BCUT2D eigenvalue weighted by Gasteiger charge is -2.18. The molecule has 8 aromatic carbocycles. The molecular formula is C47H29N3. The Hall–Kier alpha value is -6.71. The van der Waals surface area contributed by atoms with E-state index < -0.39 is 0 Å². The number of fused-ring (bicyclic) bond motifs is 7. The predicted octanol–water partition coefficient (Wildman–Crippen LogP) is 12.3. The van der Waals surface area contributed by atoms with Gasteiger partial charge in [-0.15, -0.1) is 0 Å². The second kappa shape index (κ2) is 11.5. The number of aromatic nitrogens is 3. The number of hydrogen-bond acceptors (Lipinski definition) is 3. The Labute approximate surface area is 289 Å². The number of pyridine rings is 1. The molecule has 3 heteroatoms. The van der Waals surface area contributed by atoms with Crippen molar-refractivity contribution in [3.05, 3.63) is 176 Å². The van der Waals surface area contributed by atoms with Gasteiger partial charge in [-0.2, -0.15) is 0 Å². The summed E-state index contributed by atoms with van der Waals surface area (Å²) in [4.78, 5) is 15.0. The molecule has 0 saturated heterocycles. The van der Waals surface area contributed by atoms with Crippen LogP contribution in [0.5, 0.6) is 0 Å². The van der Waals surface area contributed by atoms with Crippen LogP contribution < -0.4 is 0 Å². The lowest BCUT2D eigenvalue weighted by atomic mass is 9.87. The molecule has 0 saturated carbocycles. The molecule has 0 aliphatic rings. The molecule has 232 valence electrons. The van der Waals surface area contributed by atoms with Crippen molar-refractivity contribution < 1.29 is 0 Å². The summed E-state index contributed by atoms with van der Waals surface area (Å²) in [6, 6.07) is 58.4. The first kappa shape index (κ1) is 28.3. The highest BCUT2D eigenvalue weighted by atomic mass is 14.9. The van der Waals surface area contributed by atoms with Gasteiger partial charge in [0, 0.05) is 29.1 Å². The van der Waals surface area contributed by atoms with Crippen LogP contribution in [-0.4, -0.2) is 15.0 Å². The summed E-state index contributed by atoms with van der Waals surface area (Å²) in [5.74, 6) is 0.710. The molecule has 50 heavy (non-hydrogen) atoms. The Morgan fingerprint density at radius 3 is 1.76 bits per heavy atom. The molecule has 0 aliphatic heterocycles. The van der Waals surface area contributed by atoms with Gasteiger partial charge in [0.15, 0.2) is 5.82 Å². The van der Waals surface area contributed by atoms with Gasteiger partial charge in [0.25, 0.3) is 0 Å². The molecule has 3 nitrogen and oxygen atoms in total. The van der Waals surface area contributed by atoms with E-state index in [1.165, 1.54) is 37.9 Å². The van der Waals surface area contributed by atoms with Gasteiger partial charge in [0.05, 0.1) is 11.4 Å². The van der Waals surface area contributed by atoms with E-state index in [0.717, 1.165) is 55.2 Å². The molecule has 0 amide bonds. The van der Waals surface area contributed by atoms with Crippen LogP contribution in [0.25, 0.3) is 98.9 Å². The van der Waals surface area contributed by atoms with Crippen molar-refractivity contribution in [2.24, 2.45) is 0 Å². The van der Waals surface area contributed by atoms with Crippen molar-refractivity contribution in [3.8, 4) is 45.0 Å². The van der Waals surface area contributed by atoms with Crippen LogP contribution in [0.15, 0.2) is 176 Å². The van der Waals surface area contributed by atoms with Gasteiger partial charge in [0.2, 0.25) is 0 Å². The van der Waals surface area contributed by atoms with Crippen LogP contribution >= 0.6 is 0 Å². The molecule has 0 bridgehead atoms. The molecular weight excluding hydrogens is 607 g/mol. The summed E-state index contributed by atoms with van der Waals surface area (Å²) >= 11 is 0. The molecule has 2 heterocycles. The monoisotopic (exact) mass is 635 g/mol. The number of benzene rings is 8. The molecule has 10 aromatic rings. The van der Waals surface area contributed by atoms with E-state index in [0.29, 0.717) is 5.82 Å². The molecule has 2 aromatic heterocycles. The van der Waals surface area contributed by atoms with Crippen molar-refractivity contribution in [2.45, 2.75) is 0 Å². The van der Waals surface area contributed by atoms with Gasteiger partial charge >= 0.3 is 0 Å². The summed E-state index contributed by atoms with van der Waals surface area (Å²) in [7, 11) is 0. The third kappa shape index (κ3) is 4.48. The highest BCUT2D eigenvalue weighted by Gasteiger charge is 2.20. The first-order valence-electron chi connectivity index (χ1n) is 16.9. The first-order valence-corrected chi connectivity index (χ1v) is 16.9. The Morgan fingerprint density at radius 1 is 0.320 bits per heavy atom. The van der Waals surface area contributed by atoms with Crippen LogP contribution in [0, 0.1) is 0 Å². The largest absolute Gasteiger partial charge is 0.248 e. The Bertz CT molecular complexity index is 2910. The topological polar surface area (TPSA) is 38.7 Å². The van der Waals surface area contributed by atoms with E-state index in [-0.39, 0.29) is 0 Å². The summed E-state index contributed by atoms with van der Waals surface area (Å²) < 4.78 is 0. The fraction of sp³-hybridized carbons (Fsp3) is 0. The van der Waals surface area contributed by atoms with Crippen LogP contribution in [0.2, 0.25) is 0 Å². The van der Waals surface area contributed by atoms with E-state index in [4.69, 9.17) is 15.0 Å². The highest BCUT2D eigenvalue weighted by molar-refractivity contribution is 6.22. The van der Waals surface area contributed by atoms with Crippen molar-refractivity contribution in [2.75, 3.05) is 0 Å². The van der Waals surface area contributed by atoms with Crippen molar-refractivity contribution in [1.29, 1.82) is 0 Å². The zero-order chi connectivity index (χ0) is 33.0. The second-order valence-electron chi connectivity index (χ2n) is 12.8. The van der Waals surface area contributed by atoms with E-state index in [1.54, 1.807) is 0 Å². The van der Waals surface area contributed by atoms with Crippen molar-refractivity contribution in [1.82, 2.24) is 15.0 Å². The predicted molar refractivity (Wildman–Crippen MR) is 209 cm³/mol. The molecule has 10 rings (SSSR count). The van der Waals surface area contributed by atoms with Crippen LogP contribution in [0.4, 0.5) is 0 Å². The summed E-state index contributed by atoms with van der Waals surface area (Å²) in [6.45, 7) is 0. The van der Waals surface area contributed by atoms with Gasteiger partial charge in [-0.25, -0.2) is 15.0 Å². The summed E-state index contributed by atoms with van der Waals surface area (Å²) in [6.07, 6.45) is 3.64. The minimum atomic E-state index is 0.710. The maximum atomic E-state index is 5.50. The van der Waals surface area contributed by atoms with E-state index in [2.05, 4.69) is 158 Å². The summed E-state index contributed by atoms with van der Waals surface area (Å²) in [5, 5.41) is 11.8. The molecule has 0 aliphatic carbocycles. The average Bonchev–Trinajstić information content (AvgIpc) is 3.20. The zero-order valence-electron chi connectivity index (χ0n) is 27.1. The summed E-state index contributed by atoms with van der Waals surface area (Å²) in [5.41, 5.74) is 7.45. The van der Waals surface area contributed by atoms with Gasteiger partial charge in [0.1, 0.15) is 0 Å². The second-order valence-corrected chi connectivity index (χ2v) is 12.8. The number of hydrogen-bond donors (Lipinski definition) is 0. The smallest absolute Gasteiger partial charge is 0.160 e. The van der Waals surface area contributed by atoms with Crippen molar-refractivity contribution >= 4 is 53.9 Å². The van der Waals surface area contributed by atoms with E-state index in [1.807, 2.05) is 18.5 Å². The normalized spacial score (nSPS) is 11.6. The molecule has 0 radical (unpaired) electrons. The van der Waals surface area contributed by atoms with Gasteiger partial charge in [-0.1, -0.05) is 133 Å². The highest BCUT2D eigenvalue weighted by Crippen LogP contribution is 2.44. The minimum Gasteiger partial charge on any atom is -0.248 e. The number of nitrogens with zero attached hydrogens (tertiary/aromatic N) is 3. The Morgan fingerprint density at radius 2 is 0.940 bits per heavy atom.